The van der Waals surface area contributed by atoms with Crippen LogP contribution in [-0.2, 0) is 4.79 Å². The molecule has 0 radical (unpaired) electrons. The summed E-state index contributed by atoms with van der Waals surface area (Å²) in [7, 11) is 1.78. The molecule has 0 aromatic heterocycles. The largest absolute Gasteiger partial charge is 0.330 e. The molecule has 0 rings (SSSR count). The Morgan fingerprint density at radius 1 is 1.57 bits per heavy atom. The van der Waals surface area contributed by atoms with E-state index in [1.807, 2.05) is 20.8 Å². The van der Waals surface area contributed by atoms with Crippen molar-refractivity contribution in [3.05, 3.63) is 0 Å². The minimum atomic E-state index is -0.536. The standard InChI is InChI=1S/C11H20N2O/c1-6-8-13(9-7-2)10(14)11(3,4)12-5/h1,12H,7-9H2,2-5H3. The lowest BCUT2D eigenvalue weighted by Gasteiger charge is -2.30. The van der Waals surface area contributed by atoms with Crippen LogP contribution in [0.1, 0.15) is 27.2 Å². The van der Waals surface area contributed by atoms with E-state index in [-0.39, 0.29) is 5.91 Å². The third kappa shape index (κ3) is 3.39. The molecule has 3 heteroatoms. The maximum absolute atomic E-state index is 11.9. The summed E-state index contributed by atoms with van der Waals surface area (Å²) in [6.07, 6.45) is 6.14. The van der Waals surface area contributed by atoms with Gasteiger partial charge in [-0.2, -0.15) is 0 Å². The lowest BCUT2D eigenvalue weighted by Crippen LogP contribution is -2.53. The van der Waals surface area contributed by atoms with Crippen LogP contribution in [0.25, 0.3) is 0 Å². The van der Waals surface area contributed by atoms with Crippen LogP contribution < -0.4 is 5.32 Å². The van der Waals surface area contributed by atoms with Gasteiger partial charge in [0, 0.05) is 6.54 Å². The van der Waals surface area contributed by atoms with Gasteiger partial charge in [0.2, 0.25) is 5.91 Å². The number of likely N-dealkylation sites (N-methyl/N-ethyl adjacent to an activating group) is 1. The Morgan fingerprint density at radius 3 is 2.50 bits per heavy atom. The molecule has 0 aromatic rings. The van der Waals surface area contributed by atoms with Gasteiger partial charge in [-0.3, -0.25) is 4.79 Å². The van der Waals surface area contributed by atoms with E-state index in [9.17, 15) is 4.79 Å². The molecule has 0 bridgehead atoms. The molecular weight excluding hydrogens is 176 g/mol. The van der Waals surface area contributed by atoms with Crippen LogP contribution >= 0.6 is 0 Å². The fourth-order valence-electron chi connectivity index (χ4n) is 1.13. The van der Waals surface area contributed by atoms with E-state index in [1.54, 1.807) is 11.9 Å². The van der Waals surface area contributed by atoms with Crippen LogP contribution in [0.15, 0.2) is 0 Å². The van der Waals surface area contributed by atoms with Crippen molar-refractivity contribution < 1.29 is 4.79 Å². The van der Waals surface area contributed by atoms with Gasteiger partial charge in [-0.05, 0) is 27.3 Å². The number of carbonyl (C=O) groups is 1. The highest BCUT2D eigenvalue weighted by atomic mass is 16.2. The molecule has 0 heterocycles. The molecular formula is C11H20N2O. The Balaban J connectivity index is 4.51. The summed E-state index contributed by atoms with van der Waals surface area (Å²) >= 11 is 0. The molecule has 0 fully saturated rings. The number of terminal acetylenes is 1. The first kappa shape index (κ1) is 13.0. The predicted molar refractivity (Wildman–Crippen MR) is 58.8 cm³/mol. The molecule has 0 saturated heterocycles. The molecule has 0 spiro atoms. The first-order chi connectivity index (χ1) is 6.49. The number of rotatable bonds is 5. The van der Waals surface area contributed by atoms with Crippen LogP contribution in [0.2, 0.25) is 0 Å². The van der Waals surface area contributed by atoms with Crippen molar-refractivity contribution in [2.45, 2.75) is 32.7 Å². The van der Waals surface area contributed by atoms with Crippen molar-refractivity contribution >= 4 is 5.91 Å². The molecule has 1 N–H and O–H groups in total. The van der Waals surface area contributed by atoms with Crippen molar-refractivity contribution in [2.24, 2.45) is 0 Å². The zero-order valence-electron chi connectivity index (χ0n) is 9.55. The summed E-state index contributed by atoms with van der Waals surface area (Å²) < 4.78 is 0. The molecule has 0 unspecified atom stereocenters. The van der Waals surface area contributed by atoms with Gasteiger partial charge in [0.1, 0.15) is 0 Å². The molecule has 0 aliphatic rings. The number of nitrogens with zero attached hydrogens (tertiary/aromatic N) is 1. The lowest BCUT2D eigenvalue weighted by molar-refractivity contribution is -0.136. The summed E-state index contributed by atoms with van der Waals surface area (Å²) in [5.74, 6) is 2.56. The van der Waals surface area contributed by atoms with Crippen LogP contribution in [0.4, 0.5) is 0 Å². The third-order valence-electron chi connectivity index (χ3n) is 2.22. The Labute approximate surface area is 86.9 Å². The van der Waals surface area contributed by atoms with E-state index in [0.717, 1.165) is 6.42 Å². The summed E-state index contributed by atoms with van der Waals surface area (Å²) in [5, 5.41) is 2.98. The maximum Gasteiger partial charge on any atom is 0.243 e. The highest BCUT2D eigenvalue weighted by Gasteiger charge is 2.29. The van der Waals surface area contributed by atoms with E-state index in [2.05, 4.69) is 11.2 Å². The number of hydrogen-bond acceptors (Lipinski definition) is 2. The average Bonchev–Trinajstić information content (AvgIpc) is 2.16. The average molecular weight is 196 g/mol. The molecule has 1 amide bonds. The van der Waals surface area contributed by atoms with Gasteiger partial charge in [-0.25, -0.2) is 0 Å². The molecule has 0 aliphatic heterocycles. The number of carbonyl (C=O) groups excluding carboxylic acids is 1. The Bertz CT molecular complexity index is 228. The minimum absolute atomic E-state index is 0.0554. The van der Waals surface area contributed by atoms with E-state index < -0.39 is 5.54 Å². The quantitative estimate of drug-likeness (QED) is 0.661. The van der Waals surface area contributed by atoms with E-state index in [0.29, 0.717) is 13.1 Å². The van der Waals surface area contributed by atoms with Crippen LogP contribution in [-0.4, -0.2) is 36.5 Å². The Morgan fingerprint density at radius 2 is 2.14 bits per heavy atom. The summed E-state index contributed by atoms with van der Waals surface area (Å²) in [6, 6.07) is 0. The van der Waals surface area contributed by atoms with Crippen molar-refractivity contribution in [3.63, 3.8) is 0 Å². The second-order valence-corrected chi connectivity index (χ2v) is 3.81. The first-order valence-corrected chi connectivity index (χ1v) is 4.91. The van der Waals surface area contributed by atoms with Crippen molar-refractivity contribution in [1.29, 1.82) is 0 Å². The molecule has 0 atom stereocenters. The van der Waals surface area contributed by atoms with E-state index in [4.69, 9.17) is 6.42 Å². The van der Waals surface area contributed by atoms with Gasteiger partial charge in [-0.1, -0.05) is 12.8 Å². The SMILES string of the molecule is C#CCN(CCC)C(=O)C(C)(C)NC. The molecule has 14 heavy (non-hydrogen) atoms. The fourth-order valence-corrected chi connectivity index (χ4v) is 1.13. The molecule has 3 nitrogen and oxygen atoms in total. The first-order valence-electron chi connectivity index (χ1n) is 4.91. The molecule has 0 saturated carbocycles. The number of hydrogen-bond donors (Lipinski definition) is 1. The van der Waals surface area contributed by atoms with Crippen LogP contribution in [0.3, 0.4) is 0 Å². The van der Waals surface area contributed by atoms with Gasteiger partial charge in [0.15, 0.2) is 0 Å². The summed E-state index contributed by atoms with van der Waals surface area (Å²) in [6.45, 7) is 6.85. The normalized spacial score (nSPS) is 10.8. The molecule has 80 valence electrons. The Hall–Kier alpha value is -1.01. The zero-order chi connectivity index (χ0) is 11.2. The lowest BCUT2D eigenvalue weighted by atomic mass is 10.0. The zero-order valence-corrected chi connectivity index (χ0v) is 9.55. The Kier molecular flexibility index (Phi) is 5.26. The maximum atomic E-state index is 11.9. The van der Waals surface area contributed by atoms with Gasteiger partial charge in [0.25, 0.3) is 0 Å². The topological polar surface area (TPSA) is 32.3 Å². The van der Waals surface area contributed by atoms with E-state index >= 15 is 0 Å². The van der Waals surface area contributed by atoms with Gasteiger partial charge >= 0.3 is 0 Å². The summed E-state index contributed by atoms with van der Waals surface area (Å²) in [4.78, 5) is 13.6. The highest BCUT2D eigenvalue weighted by molar-refractivity contribution is 5.85. The minimum Gasteiger partial charge on any atom is -0.330 e. The highest BCUT2D eigenvalue weighted by Crippen LogP contribution is 2.07. The van der Waals surface area contributed by atoms with Crippen molar-refractivity contribution in [3.8, 4) is 12.3 Å². The monoisotopic (exact) mass is 196 g/mol. The smallest absolute Gasteiger partial charge is 0.243 e. The van der Waals surface area contributed by atoms with Crippen LogP contribution in [0, 0.1) is 12.3 Å². The van der Waals surface area contributed by atoms with Gasteiger partial charge < -0.3 is 10.2 Å². The summed E-state index contributed by atoms with van der Waals surface area (Å²) in [5.41, 5.74) is -0.536. The predicted octanol–water partition coefficient (Wildman–Crippen LogP) is 0.856. The van der Waals surface area contributed by atoms with Crippen LogP contribution in [0.5, 0.6) is 0 Å². The van der Waals surface area contributed by atoms with Crippen molar-refractivity contribution in [2.75, 3.05) is 20.1 Å². The van der Waals surface area contributed by atoms with Gasteiger partial charge in [-0.15, -0.1) is 6.42 Å². The molecule has 0 aromatic carbocycles. The third-order valence-corrected chi connectivity index (χ3v) is 2.22. The van der Waals surface area contributed by atoms with Crippen molar-refractivity contribution in [1.82, 2.24) is 10.2 Å². The second-order valence-electron chi connectivity index (χ2n) is 3.81. The molecule has 0 aliphatic carbocycles. The number of amides is 1. The second kappa shape index (κ2) is 5.66. The fraction of sp³-hybridized carbons (Fsp3) is 0.727. The van der Waals surface area contributed by atoms with E-state index in [1.165, 1.54) is 0 Å². The number of nitrogens with one attached hydrogen (secondary N) is 1. The van der Waals surface area contributed by atoms with Gasteiger partial charge in [0.05, 0.1) is 12.1 Å².